The summed E-state index contributed by atoms with van der Waals surface area (Å²) in [6, 6.07) is 0. The van der Waals surface area contributed by atoms with E-state index in [1.165, 1.54) is 6.42 Å². The van der Waals surface area contributed by atoms with E-state index in [1.807, 2.05) is 7.05 Å². The van der Waals surface area contributed by atoms with Crippen LogP contribution in [-0.2, 0) is 0 Å². The maximum Gasteiger partial charge on any atom is 0.0774 e. The van der Waals surface area contributed by atoms with Crippen molar-refractivity contribution in [2.75, 3.05) is 7.05 Å². The number of rotatable bonds is 1. The zero-order valence-corrected chi connectivity index (χ0v) is 9.46. The largest absolute Gasteiger partial charge is 0.411 e. The summed E-state index contributed by atoms with van der Waals surface area (Å²) in [5, 5.41) is 15.8. The van der Waals surface area contributed by atoms with Crippen LogP contribution < -0.4 is 5.32 Å². The zero-order valence-electron chi connectivity index (χ0n) is 9.46. The molecule has 3 saturated carbocycles. The Morgan fingerprint density at radius 1 is 1.43 bits per heavy atom. The molecule has 0 aromatic carbocycles. The smallest absolute Gasteiger partial charge is 0.0774 e. The summed E-state index contributed by atoms with van der Waals surface area (Å²) in [5.74, 6) is 1.31. The van der Waals surface area contributed by atoms with E-state index >= 15 is 0 Å². The minimum Gasteiger partial charge on any atom is -0.411 e. The number of nitrogens with zero attached hydrogens (tertiary/aromatic N) is 1. The van der Waals surface area contributed by atoms with E-state index < -0.39 is 0 Å². The monoisotopic (exact) mass is 196 g/mol. The number of fused-ring (bicyclic) bond motifs is 2. The minimum absolute atomic E-state index is 0.104. The highest BCUT2D eigenvalue weighted by Crippen LogP contribution is 2.61. The first-order valence-electron chi connectivity index (χ1n) is 5.37. The second-order valence-corrected chi connectivity index (χ2v) is 5.51. The lowest BCUT2D eigenvalue weighted by Crippen LogP contribution is -2.69. The van der Waals surface area contributed by atoms with Gasteiger partial charge in [0.05, 0.1) is 11.3 Å². The molecule has 3 aliphatic carbocycles. The first kappa shape index (κ1) is 9.97. The molecule has 80 valence electrons. The van der Waals surface area contributed by atoms with Gasteiger partial charge in [-0.05, 0) is 44.1 Å². The molecule has 0 radical (unpaired) electrons. The predicted octanol–water partition coefficient (Wildman–Crippen LogP) is 1.86. The van der Waals surface area contributed by atoms with Crippen molar-refractivity contribution in [3.63, 3.8) is 0 Å². The topological polar surface area (TPSA) is 44.6 Å². The molecule has 0 aliphatic heterocycles. The van der Waals surface area contributed by atoms with Crippen LogP contribution in [0.15, 0.2) is 5.16 Å². The van der Waals surface area contributed by atoms with Gasteiger partial charge in [-0.15, -0.1) is 0 Å². The Bertz CT molecular complexity index is 285. The average molecular weight is 196 g/mol. The second kappa shape index (κ2) is 2.72. The standard InChI is InChI=1S/C11H20N2O/c1-10(2)7-5-8(10)11(3,12-4)9(6-7)13-14/h7-8,12,14H,5-6H2,1-4H3/b13-9-. The van der Waals surface area contributed by atoms with E-state index in [1.54, 1.807) is 0 Å². The summed E-state index contributed by atoms with van der Waals surface area (Å²) in [4.78, 5) is 0. The van der Waals surface area contributed by atoms with Crippen LogP contribution in [0.4, 0.5) is 0 Å². The third-order valence-electron chi connectivity index (χ3n) is 4.85. The molecule has 3 unspecified atom stereocenters. The van der Waals surface area contributed by atoms with Gasteiger partial charge in [-0.3, -0.25) is 0 Å². The van der Waals surface area contributed by atoms with E-state index in [2.05, 4.69) is 31.2 Å². The fourth-order valence-electron chi connectivity index (χ4n) is 3.45. The molecule has 0 amide bonds. The Labute approximate surface area is 85.6 Å². The van der Waals surface area contributed by atoms with Crippen LogP contribution in [0.2, 0.25) is 0 Å². The Balaban J connectivity index is 2.36. The Morgan fingerprint density at radius 2 is 2.07 bits per heavy atom. The highest BCUT2D eigenvalue weighted by atomic mass is 16.4. The molecule has 3 nitrogen and oxygen atoms in total. The lowest BCUT2D eigenvalue weighted by atomic mass is 9.43. The lowest BCUT2D eigenvalue weighted by molar-refractivity contribution is -0.0715. The lowest BCUT2D eigenvalue weighted by Gasteiger charge is -2.64. The van der Waals surface area contributed by atoms with Crippen molar-refractivity contribution in [2.24, 2.45) is 22.4 Å². The van der Waals surface area contributed by atoms with Crippen LogP contribution in [-0.4, -0.2) is 23.5 Å². The van der Waals surface area contributed by atoms with Crippen molar-refractivity contribution in [2.45, 2.75) is 39.2 Å². The van der Waals surface area contributed by atoms with Gasteiger partial charge in [-0.25, -0.2) is 0 Å². The highest BCUT2D eigenvalue weighted by Gasteiger charge is 2.61. The Morgan fingerprint density at radius 3 is 2.50 bits per heavy atom. The van der Waals surface area contributed by atoms with E-state index in [0.717, 1.165) is 12.1 Å². The Kier molecular flexibility index (Phi) is 1.94. The van der Waals surface area contributed by atoms with E-state index in [-0.39, 0.29) is 5.54 Å². The molecule has 0 saturated heterocycles. The maximum atomic E-state index is 9.01. The van der Waals surface area contributed by atoms with Crippen molar-refractivity contribution in [1.82, 2.24) is 5.32 Å². The molecule has 0 spiro atoms. The molecule has 3 atom stereocenters. The first-order valence-corrected chi connectivity index (χ1v) is 5.37. The molecular weight excluding hydrogens is 176 g/mol. The van der Waals surface area contributed by atoms with E-state index in [9.17, 15) is 0 Å². The van der Waals surface area contributed by atoms with Gasteiger partial charge in [-0.2, -0.15) is 0 Å². The molecule has 0 aromatic rings. The van der Waals surface area contributed by atoms with Gasteiger partial charge >= 0.3 is 0 Å². The average Bonchev–Trinajstić information content (AvgIpc) is 2.17. The van der Waals surface area contributed by atoms with Crippen molar-refractivity contribution in [3.8, 4) is 0 Å². The number of hydrogen-bond acceptors (Lipinski definition) is 3. The van der Waals surface area contributed by atoms with Crippen molar-refractivity contribution in [1.29, 1.82) is 0 Å². The van der Waals surface area contributed by atoms with E-state index in [0.29, 0.717) is 17.3 Å². The number of oxime groups is 1. The molecule has 2 bridgehead atoms. The third kappa shape index (κ3) is 0.937. The van der Waals surface area contributed by atoms with Gasteiger partial charge in [-0.1, -0.05) is 19.0 Å². The summed E-state index contributed by atoms with van der Waals surface area (Å²) < 4.78 is 0. The van der Waals surface area contributed by atoms with Crippen LogP contribution in [0.5, 0.6) is 0 Å². The highest BCUT2D eigenvalue weighted by molar-refractivity contribution is 5.95. The van der Waals surface area contributed by atoms with E-state index in [4.69, 9.17) is 5.21 Å². The molecule has 2 N–H and O–H groups in total. The van der Waals surface area contributed by atoms with Crippen LogP contribution in [0.1, 0.15) is 33.6 Å². The van der Waals surface area contributed by atoms with Gasteiger partial charge in [0.2, 0.25) is 0 Å². The molecule has 14 heavy (non-hydrogen) atoms. The van der Waals surface area contributed by atoms with Gasteiger partial charge < -0.3 is 10.5 Å². The quantitative estimate of drug-likeness (QED) is 0.496. The minimum atomic E-state index is -0.104. The van der Waals surface area contributed by atoms with Crippen LogP contribution in [0.3, 0.4) is 0 Å². The van der Waals surface area contributed by atoms with Crippen LogP contribution >= 0.6 is 0 Å². The maximum absolute atomic E-state index is 9.01. The van der Waals surface area contributed by atoms with Crippen molar-refractivity contribution < 1.29 is 5.21 Å². The first-order chi connectivity index (χ1) is 6.46. The summed E-state index contributed by atoms with van der Waals surface area (Å²) in [7, 11) is 1.96. The summed E-state index contributed by atoms with van der Waals surface area (Å²) in [5.41, 5.74) is 1.22. The SMILES string of the molecule is CNC1(C)/C(=N\O)CC2CC1C2(C)C. The third-order valence-corrected chi connectivity index (χ3v) is 4.85. The summed E-state index contributed by atoms with van der Waals surface area (Å²) in [6.45, 7) is 6.81. The fourth-order valence-corrected chi connectivity index (χ4v) is 3.45. The summed E-state index contributed by atoms with van der Waals surface area (Å²) in [6.07, 6.45) is 2.21. The van der Waals surface area contributed by atoms with Crippen LogP contribution in [0.25, 0.3) is 0 Å². The van der Waals surface area contributed by atoms with Gasteiger partial charge in [0.15, 0.2) is 0 Å². The van der Waals surface area contributed by atoms with Gasteiger partial charge in [0.1, 0.15) is 0 Å². The van der Waals surface area contributed by atoms with Crippen LogP contribution in [0, 0.1) is 17.3 Å². The second-order valence-electron chi connectivity index (χ2n) is 5.51. The molecule has 0 aromatic heterocycles. The summed E-state index contributed by atoms with van der Waals surface area (Å²) >= 11 is 0. The predicted molar refractivity (Wildman–Crippen MR) is 56.7 cm³/mol. The molecular formula is C11H20N2O. The molecule has 3 rings (SSSR count). The zero-order chi connectivity index (χ0) is 10.6. The molecule has 3 fully saturated rings. The van der Waals surface area contributed by atoms with Gasteiger partial charge in [0.25, 0.3) is 0 Å². The molecule has 3 aliphatic rings. The fraction of sp³-hybridized carbons (Fsp3) is 0.909. The molecule has 3 heteroatoms. The van der Waals surface area contributed by atoms with Crippen molar-refractivity contribution >= 4 is 5.71 Å². The molecule has 0 heterocycles. The number of nitrogens with one attached hydrogen (secondary N) is 1. The normalized spacial score (nSPS) is 47.6. The Hall–Kier alpha value is -0.570. The van der Waals surface area contributed by atoms with Gasteiger partial charge in [0, 0.05) is 0 Å². The number of hydrogen-bond donors (Lipinski definition) is 2. The van der Waals surface area contributed by atoms with Crippen molar-refractivity contribution in [3.05, 3.63) is 0 Å².